The van der Waals surface area contributed by atoms with Gasteiger partial charge in [0.2, 0.25) is 10.0 Å². The van der Waals surface area contributed by atoms with Gasteiger partial charge in [0.05, 0.1) is 20.3 Å². The van der Waals surface area contributed by atoms with E-state index in [9.17, 15) is 8.42 Å². The van der Waals surface area contributed by atoms with Crippen LogP contribution in [0.3, 0.4) is 0 Å². The van der Waals surface area contributed by atoms with Crippen molar-refractivity contribution in [2.75, 3.05) is 46.5 Å². The number of morpholine rings is 1. The molecule has 1 N–H and O–H groups in total. The fourth-order valence-electron chi connectivity index (χ4n) is 2.37. The van der Waals surface area contributed by atoms with Crippen LogP contribution in [0.1, 0.15) is 11.1 Å². The van der Waals surface area contributed by atoms with Gasteiger partial charge < -0.3 is 9.47 Å². The van der Waals surface area contributed by atoms with Gasteiger partial charge >= 0.3 is 0 Å². The Kier molecular flexibility index (Phi) is 5.80. The van der Waals surface area contributed by atoms with Crippen LogP contribution in [0, 0.1) is 13.8 Å². The number of nitrogens with zero attached hydrogens (tertiary/aromatic N) is 1. The minimum atomic E-state index is -3.58. The van der Waals surface area contributed by atoms with Crippen molar-refractivity contribution in [2.24, 2.45) is 0 Å². The van der Waals surface area contributed by atoms with E-state index in [1.807, 2.05) is 13.8 Å². The second-order valence-corrected chi connectivity index (χ2v) is 7.17. The standard InChI is InChI=1S/C15H24N2O4S/c1-12-10-14(20-3)15(11-13(12)2)22(18,19)16-4-5-17-6-8-21-9-7-17/h10-11,16H,4-9H2,1-3H3. The molecule has 0 amide bonds. The molecule has 22 heavy (non-hydrogen) atoms. The molecule has 1 saturated heterocycles. The number of nitrogens with one attached hydrogen (secondary N) is 1. The van der Waals surface area contributed by atoms with E-state index in [1.165, 1.54) is 7.11 Å². The van der Waals surface area contributed by atoms with Crippen molar-refractivity contribution >= 4 is 10.0 Å². The van der Waals surface area contributed by atoms with Gasteiger partial charge in [0.25, 0.3) is 0 Å². The highest BCUT2D eigenvalue weighted by Gasteiger charge is 2.21. The third kappa shape index (κ3) is 4.19. The van der Waals surface area contributed by atoms with Crippen molar-refractivity contribution in [1.29, 1.82) is 0 Å². The highest BCUT2D eigenvalue weighted by atomic mass is 32.2. The maximum absolute atomic E-state index is 12.5. The lowest BCUT2D eigenvalue weighted by molar-refractivity contribution is 0.0390. The predicted molar refractivity (Wildman–Crippen MR) is 84.9 cm³/mol. The number of hydrogen-bond acceptors (Lipinski definition) is 5. The van der Waals surface area contributed by atoms with Gasteiger partial charge in [-0.3, -0.25) is 4.90 Å². The van der Waals surface area contributed by atoms with Crippen LogP contribution < -0.4 is 9.46 Å². The van der Waals surface area contributed by atoms with Gasteiger partial charge in [0.1, 0.15) is 10.6 Å². The molecule has 0 radical (unpaired) electrons. The first kappa shape index (κ1) is 17.2. The molecule has 1 aromatic rings. The molecule has 124 valence electrons. The molecule has 1 aliphatic heterocycles. The molecule has 0 atom stereocenters. The van der Waals surface area contributed by atoms with Gasteiger partial charge in [-0.05, 0) is 37.1 Å². The van der Waals surface area contributed by atoms with E-state index in [-0.39, 0.29) is 4.90 Å². The highest BCUT2D eigenvalue weighted by molar-refractivity contribution is 7.89. The van der Waals surface area contributed by atoms with Gasteiger partial charge in [-0.1, -0.05) is 0 Å². The fraction of sp³-hybridized carbons (Fsp3) is 0.600. The maximum atomic E-state index is 12.5. The zero-order valence-electron chi connectivity index (χ0n) is 13.4. The van der Waals surface area contributed by atoms with Crippen molar-refractivity contribution < 1.29 is 17.9 Å². The van der Waals surface area contributed by atoms with E-state index in [0.29, 0.717) is 32.1 Å². The number of methoxy groups -OCH3 is 1. The first-order valence-electron chi connectivity index (χ1n) is 7.39. The van der Waals surface area contributed by atoms with E-state index in [1.54, 1.807) is 12.1 Å². The average molecular weight is 328 g/mol. The van der Waals surface area contributed by atoms with Gasteiger partial charge in [-0.2, -0.15) is 0 Å². The van der Waals surface area contributed by atoms with Gasteiger partial charge in [0.15, 0.2) is 0 Å². The van der Waals surface area contributed by atoms with E-state index in [4.69, 9.17) is 9.47 Å². The SMILES string of the molecule is COc1cc(C)c(C)cc1S(=O)(=O)NCCN1CCOCC1. The van der Waals surface area contributed by atoms with Crippen LogP contribution in [0.5, 0.6) is 5.75 Å². The summed E-state index contributed by atoms with van der Waals surface area (Å²) in [5.41, 5.74) is 1.93. The lowest BCUT2D eigenvalue weighted by Gasteiger charge is -2.26. The monoisotopic (exact) mass is 328 g/mol. The molecule has 7 heteroatoms. The summed E-state index contributed by atoms with van der Waals surface area (Å²) in [7, 11) is -2.09. The summed E-state index contributed by atoms with van der Waals surface area (Å²) >= 11 is 0. The lowest BCUT2D eigenvalue weighted by Crippen LogP contribution is -2.41. The molecule has 1 fully saturated rings. The van der Waals surface area contributed by atoms with Gasteiger partial charge in [0, 0.05) is 26.2 Å². The number of benzene rings is 1. The van der Waals surface area contributed by atoms with Crippen molar-refractivity contribution in [3.8, 4) is 5.75 Å². The fourth-order valence-corrected chi connectivity index (χ4v) is 3.63. The van der Waals surface area contributed by atoms with E-state index in [2.05, 4.69) is 9.62 Å². The Labute approximate surface area is 132 Å². The molecule has 1 aromatic carbocycles. The second-order valence-electron chi connectivity index (χ2n) is 5.44. The van der Waals surface area contributed by atoms with Gasteiger partial charge in [-0.15, -0.1) is 0 Å². The van der Waals surface area contributed by atoms with Gasteiger partial charge in [-0.25, -0.2) is 13.1 Å². The predicted octanol–water partition coefficient (Wildman–Crippen LogP) is 0.923. The number of ether oxygens (including phenoxy) is 2. The van der Waals surface area contributed by atoms with Crippen LogP contribution in [-0.2, 0) is 14.8 Å². The van der Waals surface area contributed by atoms with Crippen molar-refractivity contribution in [3.63, 3.8) is 0 Å². The first-order valence-corrected chi connectivity index (χ1v) is 8.87. The minimum Gasteiger partial charge on any atom is -0.495 e. The third-order valence-corrected chi connectivity index (χ3v) is 5.38. The van der Waals surface area contributed by atoms with Crippen LogP contribution in [0.2, 0.25) is 0 Å². The first-order chi connectivity index (χ1) is 10.4. The normalized spacial score (nSPS) is 16.7. The van der Waals surface area contributed by atoms with Crippen molar-refractivity contribution in [2.45, 2.75) is 18.7 Å². The second kappa shape index (κ2) is 7.41. The topological polar surface area (TPSA) is 67.9 Å². The zero-order valence-corrected chi connectivity index (χ0v) is 14.2. The van der Waals surface area contributed by atoms with Crippen LogP contribution in [0.25, 0.3) is 0 Å². The molecule has 0 saturated carbocycles. The molecule has 0 spiro atoms. The summed E-state index contributed by atoms with van der Waals surface area (Å²) in [6.07, 6.45) is 0. The Morgan fingerprint density at radius 2 is 1.86 bits per heavy atom. The molecular weight excluding hydrogens is 304 g/mol. The quantitative estimate of drug-likeness (QED) is 0.841. The Balaban J connectivity index is 2.04. The van der Waals surface area contributed by atoms with E-state index < -0.39 is 10.0 Å². The smallest absolute Gasteiger partial charge is 0.244 e. The Bertz CT molecular complexity index is 610. The molecular formula is C15H24N2O4S. The highest BCUT2D eigenvalue weighted by Crippen LogP contribution is 2.27. The van der Waals surface area contributed by atoms with Crippen LogP contribution in [0.15, 0.2) is 17.0 Å². The number of hydrogen-bond donors (Lipinski definition) is 1. The molecule has 0 aromatic heterocycles. The number of sulfonamides is 1. The van der Waals surface area contributed by atoms with Crippen molar-refractivity contribution in [3.05, 3.63) is 23.3 Å². The zero-order chi connectivity index (χ0) is 16.2. The van der Waals surface area contributed by atoms with E-state index >= 15 is 0 Å². The lowest BCUT2D eigenvalue weighted by atomic mass is 10.1. The van der Waals surface area contributed by atoms with E-state index in [0.717, 1.165) is 24.2 Å². The summed E-state index contributed by atoms with van der Waals surface area (Å²) in [5.74, 6) is 0.377. The molecule has 0 aliphatic carbocycles. The molecule has 2 rings (SSSR count). The van der Waals surface area contributed by atoms with Crippen molar-refractivity contribution in [1.82, 2.24) is 9.62 Å². The van der Waals surface area contributed by atoms with Crippen LogP contribution in [0.4, 0.5) is 0 Å². The Morgan fingerprint density at radius 1 is 1.23 bits per heavy atom. The summed E-state index contributed by atoms with van der Waals surface area (Å²) in [5, 5.41) is 0. The molecule has 0 bridgehead atoms. The molecule has 0 unspecified atom stereocenters. The third-order valence-electron chi connectivity index (χ3n) is 3.89. The molecule has 1 heterocycles. The Morgan fingerprint density at radius 3 is 2.50 bits per heavy atom. The molecule has 6 nitrogen and oxygen atoms in total. The number of rotatable bonds is 6. The summed E-state index contributed by atoms with van der Waals surface area (Å²) in [4.78, 5) is 2.38. The average Bonchev–Trinajstić information content (AvgIpc) is 2.50. The minimum absolute atomic E-state index is 0.195. The van der Waals surface area contributed by atoms with Crippen LogP contribution >= 0.6 is 0 Å². The summed E-state index contributed by atoms with van der Waals surface area (Å²) < 4.78 is 38.1. The summed E-state index contributed by atoms with van der Waals surface area (Å²) in [6, 6.07) is 3.41. The van der Waals surface area contributed by atoms with Crippen LogP contribution in [-0.4, -0.2) is 59.8 Å². The maximum Gasteiger partial charge on any atom is 0.244 e. The largest absolute Gasteiger partial charge is 0.495 e. The molecule has 1 aliphatic rings. The summed E-state index contributed by atoms with van der Waals surface area (Å²) in [6.45, 7) is 7.97. The Hall–Kier alpha value is -1.15. The number of aryl methyl sites for hydroxylation is 2.